The molecule has 2 aromatic rings. The quantitative estimate of drug-likeness (QED) is 0.915. The molecule has 0 bridgehead atoms. The summed E-state index contributed by atoms with van der Waals surface area (Å²) in [5, 5.41) is 4.13. The molecular formula is C20H28N2O3. The molecule has 2 heterocycles. The number of nitrogens with one attached hydrogen (secondary N) is 1. The zero-order valence-electron chi connectivity index (χ0n) is 15.8. The van der Waals surface area contributed by atoms with Gasteiger partial charge in [0.15, 0.2) is 0 Å². The van der Waals surface area contributed by atoms with Crippen LogP contribution in [-0.2, 0) is 4.74 Å². The van der Waals surface area contributed by atoms with E-state index in [9.17, 15) is 4.79 Å². The number of carbonyl (C=O) groups excluding carboxylic acids is 1. The average Bonchev–Trinajstić information content (AvgIpc) is 2.92. The van der Waals surface area contributed by atoms with E-state index in [1.807, 2.05) is 24.4 Å². The van der Waals surface area contributed by atoms with Crippen molar-refractivity contribution in [2.45, 2.75) is 58.2 Å². The van der Waals surface area contributed by atoms with Crippen LogP contribution in [0.3, 0.4) is 0 Å². The second kappa shape index (κ2) is 6.71. The van der Waals surface area contributed by atoms with Gasteiger partial charge in [-0.15, -0.1) is 0 Å². The first kappa shape index (κ1) is 17.8. The molecule has 1 aromatic heterocycles. The lowest BCUT2D eigenvalue weighted by atomic mass is 9.94. The van der Waals surface area contributed by atoms with Crippen molar-refractivity contribution in [3.8, 4) is 5.75 Å². The number of aromatic nitrogens is 1. The number of carbonyl (C=O) groups is 1. The predicted octanol–water partition coefficient (Wildman–Crippen LogP) is 3.92. The van der Waals surface area contributed by atoms with Crippen molar-refractivity contribution in [3.05, 3.63) is 30.0 Å². The van der Waals surface area contributed by atoms with Crippen LogP contribution in [-0.4, -0.2) is 35.8 Å². The molecule has 0 aliphatic carbocycles. The largest absolute Gasteiger partial charge is 0.497 e. The van der Waals surface area contributed by atoms with Gasteiger partial charge in [-0.25, -0.2) is 0 Å². The van der Waals surface area contributed by atoms with E-state index in [0.29, 0.717) is 12.2 Å². The summed E-state index contributed by atoms with van der Waals surface area (Å²) >= 11 is 0. The fraction of sp³-hybridized carbons (Fsp3) is 0.550. The monoisotopic (exact) mass is 344 g/mol. The summed E-state index contributed by atoms with van der Waals surface area (Å²) in [5.41, 5.74) is 1.56. The predicted molar refractivity (Wildman–Crippen MR) is 99.4 cm³/mol. The van der Waals surface area contributed by atoms with Gasteiger partial charge in [0, 0.05) is 35.8 Å². The van der Waals surface area contributed by atoms with Crippen molar-refractivity contribution in [3.63, 3.8) is 0 Å². The first-order valence-corrected chi connectivity index (χ1v) is 8.94. The van der Waals surface area contributed by atoms with Crippen LogP contribution in [0.1, 0.15) is 56.9 Å². The molecule has 1 fully saturated rings. The summed E-state index contributed by atoms with van der Waals surface area (Å²) in [6.07, 6.45) is 3.63. The summed E-state index contributed by atoms with van der Waals surface area (Å²) in [6, 6.07) is 6.31. The van der Waals surface area contributed by atoms with Crippen molar-refractivity contribution in [2.75, 3.05) is 13.7 Å². The Labute approximate surface area is 149 Å². The van der Waals surface area contributed by atoms with Crippen molar-refractivity contribution in [2.24, 2.45) is 0 Å². The van der Waals surface area contributed by atoms with Crippen LogP contribution in [0.25, 0.3) is 10.9 Å². The fourth-order valence-electron chi connectivity index (χ4n) is 3.59. The van der Waals surface area contributed by atoms with Gasteiger partial charge in [0.1, 0.15) is 5.75 Å². The van der Waals surface area contributed by atoms with Gasteiger partial charge in [0.2, 0.25) is 0 Å². The molecule has 1 amide bonds. The second-order valence-electron chi connectivity index (χ2n) is 7.70. The lowest BCUT2D eigenvalue weighted by Crippen LogP contribution is -2.45. The number of hydrogen-bond acceptors (Lipinski definition) is 3. The lowest BCUT2D eigenvalue weighted by Gasteiger charge is -2.35. The van der Waals surface area contributed by atoms with E-state index >= 15 is 0 Å². The molecule has 1 saturated heterocycles. The molecule has 1 aliphatic rings. The highest BCUT2D eigenvalue weighted by molar-refractivity contribution is 6.07. The van der Waals surface area contributed by atoms with Crippen LogP contribution >= 0.6 is 0 Å². The van der Waals surface area contributed by atoms with Gasteiger partial charge in [-0.1, -0.05) is 0 Å². The third-order valence-electron chi connectivity index (χ3n) is 4.87. The average molecular weight is 344 g/mol. The zero-order chi connectivity index (χ0) is 18.2. The van der Waals surface area contributed by atoms with Gasteiger partial charge < -0.3 is 19.4 Å². The summed E-state index contributed by atoms with van der Waals surface area (Å²) in [4.78, 5) is 13.0. The summed E-state index contributed by atoms with van der Waals surface area (Å²) in [5.74, 6) is 0.732. The third kappa shape index (κ3) is 3.66. The Morgan fingerprint density at radius 1 is 1.40 bits per heavy atom. The highest BCUT2D eigenvalue weighted by Crippen LogP contribution is 2.29. The standard InChI is InChI=1S/C20H28N2O3/c1-13(2)22-12-17(16-10-15(24-5)6-7-18(16)22)19(23)21-14-8-9-25-20(3,4)11-14/h6-7,10,12-14H,8-9,11H2,1-5H3,(H,21,23). The van der Waals surface area contributed by atoms with Crippen molar-refractivity contribution in [1.82, 2.24) is 9.88 Å². The molecule has 3 rings (SSSR count). The molecule has 5 heteroatoms. The van der Waals surface area contributed by atoms with E-state index < -0.39 is 0 Å². The molecule has 5 nitrogen and oxygen atoms in total. The minimum absolute atomic E-state index is 0.0275. The zero-order valence-corrected chi connectivity index (χ0v) is 15.8. The Morgan fingerprint density at radius 2 is 2.16 bits per heavy atom. The number of amides is 1. The number of rotatable bonds is 4. The molecule has 1 aliphatic heterocycles. The van der Waals surface area contributed by atoms with Gasteiger partial charge in [0.25, 0.3) is 5.91 Å². The van der Waals surface area contributed by atoms with Crippen LogP contribution < -0.4 is 10.1 Å². The Kier molecular flexibility index (Phi) is 4.78. The summed E-state index contributed by atoms with van der Waals surface area (Å²) in [7, 11) is 1.64. The lowest BCUT2D eigenvalue weighted by molar-refractivity contribution is -0.0615. The Morgan fingerprint density at radius 3 is 2.80 bits per heavy atom. The van der Waals surface area contributed by atoms with Gasteiger partial charge >= 0.3 is 0 Å². The first-order valence-electron chi connectivity index (χ1n) is 8.94. The van der Waals surface area contributed by atoms with Crippen molar-refractivity contribution < 1.29 is 14.3 Å². The van der Waals surface area contributed by atoms with Crippen molar-refractivity contribution >= 4 is 16.8 Å². The maximum atomic E-state index is 13.0. The van der Waals surface area contributed by atoms with Gasteiger partial charge in [-0.05, 0) is 58.7 Å². The molecule has 1 aromatic carbocycles. The number of fused-ring (bicyclic) bond motifs is 1. The highest BCUT2D eigenvalue weighted by Gasteiger charge is 2.30. The number of benzene rings is 1. The number of hydrogen-bond donors (Lipinski definition) is 1. The Balaban J connectivity index is 1.92. The normalized spacial score (nSPS) is 20.0. The minimum atomic E-state index is -0.189. The summed E-state index contributed by atoms with van der Waals surface area (Å²) < 4.78 is 13.2. The number of methoxy groups -OCH3 is 1. The van der Waals surface area contributed by atoms with Gasteiger partial charge in [-0.2, -0.15) is 0 Å². The Bertz CT molecular complexity index is 777. The molecule has 136 valence electrons. The Hall–Kier alpha value is -2.01. The highest BCUT2D eigenvalue weighted by atomic mass is 16.5. The van der Waals surface area contributed by atoms with E-state index in [-0.39, 0.29) is 23.6 Å². The first-order chi connectivity index (χ1) is 11.8. The van der Waals surface area contributed by atoms with Crippen LogP contribution in [0.2, 0.25) is 0 Å². The molecule has 0 radical (unpaired) electrons. The van der Waals surface area contributed by atoms with E-state index in [4.69, 9.17) is 9.47 Å². The van der Waals surface area contributed by atoms with Crippen LogP contribution in [0.4, 0.5) is 0 Å². The topological polar surface area (TPSA) is 52.5 Å². The van der Waals surface area contributed by atoms with E-state index in [1.54, 1.807) is 7.11 Å². The number of ether oxygens (including phenoxy) is 2. The maximum absolute atomic E-state index is 13.0. The molecule has 0 saturated carbocycles. The fourth-order valence-corrected chi connectivity index (χ4v) is 3.59. The maximum Gasteiger partial charge on any atom is 0.253 e. The minimum Gasteiger partial charge on any atom is -0.497 e. The third-order valence-corrected chi connectivity index (χ3v) is 4.87. The molecule has 0 spiro atoms. The smallest absolute Gasteiger partial charge is 0.253 e. The van der Waals surface area contributed by atoms with Crippen LogP contribution in [0, 0.1) is 0 Å². The summed E-state index contributed by atoms with van der Waals surface area (Å²) in [6.45, 7) is 9.06. The van der Waals surface area contributed by atoms with E-state index in [2.05, 4.69) is 37.6 Å². The van der Waals surface area contributed by atoms with Crippen LogP contribution in [0.5, 0.6) is 5.75 Å². The van der Waals surface area contributed by atoms with E-state index in [0.717, 1.165) is 29.5 Å². The molecule has 1 unspecified atom stereocenters. The molecule has 1 atom stereocenters. The van der Waals surface area contributed by atoms with Crippen molar-refractivity contribution in [1.29, 1.82) is 0 Å². The number of nitrogens with zero attached hydrogens (tertiary/aromatic N) is 1. The van der Waals surface area contributed by atoms with E-state index in [1.165, 1.54) is 0 Å². The van der Waals surface area contributed by atoms with Gasteiger partial charge in [0.05, 0.1) is 18.3 Å². The van der Waals surface area contributed by atoms with Gasteiger partial charge in [-0.3, -0.25) is 4.79 Å². The SMILES string of the molecule is COc1ccc2c(c1)c(C(=O)NC1CCOC(C)(C)C1)cn2C(C)C. The second-order valence-corrected chi connectivity index (χ2v) is 7.70. The molecular weight excluding hydrogens is 316 g/mol. The molecule has 25 heavy (non-hydrogen) atoms. The van der Waals surface area contributed by atoms with Crippen LogP contribution in [0.15, 0.2) is 24.4 Å². The molecule has 1 N–H and O–H groups in total.